The van der Waals surface area contributed by atoms with Gasteiger partial charge in [0, 0.05) is 19.0 Å². The van der Waals surface area contributed by atoms with Gasteiger partial charge in [0.1, 0.15) is 0 Å². The molecule has 0 spiro atoms. The molecule has 1 saturated carbocycles. The van der Waals surface area contributed by atoms with E-state index in [1.54, 1.807) is 0 Å². The van der Waals surface area contributed by atoms with E-state index in [1.165, 1.54) is 0 Å². The van der Waals surface area contributed by atoms with Crippen molar-refractivity contribution in [3.8, 4) is 0 Å². The van der Waals surface area contributed by atoms with Crippen molar-refractivity contribution in [3.63, 3.8) is 0 Å². The Morgan fingerprint density at radius 2 is 2.20 bits per heavy atom. The van der Waals surface area contributed by atoms with Gasteiger partial charge in [0.15, 0.2) is 0 Å². The van der Waals surface area contributed by atoms with Gasteiger partial charge in [-0.2, -0.15) is 0 Å². The molecule has 1 amide bonds. The highest BCUT2D eigenvalue weighted by molar-refractivity contribution is 5.77. The van der Waals surface area contributed by atoms with Crippen LogP contribution in [0.15, 0.2) is 4.42 Å². The lowest BCUT2D eigenvalue weighted by molar-refractivity contribution is -0.120. The lowest BCUT2D eigenvalue weighted by Gasteiger charge is -2.07. The fourth-order valence-corrected chi connectivity index (χ4v) is 1.74. The van der Waals surface area contributed by atoms with Crippen LogP contribution in [0, 0.1) is 0 Å². The number of carbonyl (C=O) groups excluding carboxylic acids is 1. The number of aromatic nitrogens is 2. The summed E-state index contributed by atoms with van der Waals surface area (Å²) >= 11 is 0. The molecule has 1 aliphatic rings. The Hall–Kier alpha value is -1.63. The van der Waals surface area contributed by atoms with E-state index in [-0.39, 0.29) is 11.9 Å². The topological polar surface area (TPSA) is 92.1 Å². The molecule has 7 heteroatoms. The zero-order valence-electron chi connectivity index (χ0n) is 12.1. The Morgan fingerprint density at radius 3 is 2.90 bits per heavy atom. The number of nitrogens with one attached hydrogen (secondary N) is 3. The van der Waals surface area contributed by atoms with Gasteiger partial charge in [-0.05, 0) is 32.7 Å². The summed E-state index contributed by atoms with van der Waals surface area (Å²) in [4.78, 5) is 11.5. The van der Waals surface area contributed by atoms with Crippen molar-refractivity contribution in [3.05, 3.63) is 5.89 Å². The average molecular weight is 281 g/mol. The summed E-state index contributed by atoms with van der Waals surface area (Å²) in [5.74, 6) is 0.626. The molecule has 1 aliphatic carbocycles. The molecule has 1 aromatic heterocycles. The highest BCUT2D eigenvalue weighted by Crippen LogP contribution is 2.18. The highest BCUT2D eigenvalue weighted by Gasteiger charge is 2.22. The minimum Gasteiger partial charge on any atom is -0.406 e. The Kier molecular flexibility index (Phi) is 5.34. The maximum Gasteiger partial charge on any atom is 0.315 e. The molecule has 0 bridgehead atoms. The first-order valence-electron chi connectivity index (χ1n) is 7.29. The summed E-state index contributed by atoms with van der Waals surface area (Å²) in [7, 11) is 0. The smallest absolute Gasteiger partial charge is 0.315 e. The fraction of sp³-hybridized carbons (Fsp3) is 0.769. The third kappa shape index (κ3) is 4.80. The number of amides is 1. The van der Waals surface area contributed by atoms with Gasteiger partial charge < -0.3 is 20.4 Å². The summed E-state index contributed by atoms with van der Waals surface area (Å²) < 4.78 is 5.49. The first-order chi connectivity index (χ1) is 9.69. The normalized spacial score (nSPS) is 15.9. The second-order valence-electron chi connectivity index (χ2n) is 5.14. The van der Waals surface area contributed by atoms with Gasteiger partial charge in [0.2, 0.25) is 11.8 Å². The first-order valence-corrected chi connectivity index (χ1v) is 7.29. The second kappa shape index (κ2) is 7.23. The van der Waals surface area contributed by atoms with Crippen LogP contribution in [-0.2, 0) is 4.79 Å². The highest BCUT2D eigenvalue weighted by atomic mass is 16.4. The number of hydrogen-bond donors (Lipinski definition) is 3. The predicted molar refractivity (Wildman–Crippen MR) is 75.3 cm³/mol. The van der Waals surface area contributed by atoms with Crippen LogP contribution >= 0.6 is 0 Å². The van der Waals surface area contributed by atoms with Crippen LogP contribution in [0.3, 0.4) is 0 Å². The molecule has 0 aromatic carbocycles. The van der Waals surface area contributed by atoms with E-state index in [1.807, 2.05) is 6.92 Å². The molecule has 112 valence electrons. The van der Waals surface area contributed by atoms with Crippen LogP contribution in [0.2, 0.25) is 0 Å². The van der Waals surface area contributed by atoms with Crippen molar-refractivity contribution in [1.29, 1.82) is 0 Å². The van der Waals surface area contributed by atoms with E-state index >= 15 is 0 Å². The molecular formula is C13H23N5O2. The summed E-state index contributed by atoms with van der Waals surface area (Å²) in [6.45, 7) is 5.49. The summed E-state index contributed by atoms with van der Waals surface area (Å²) in [6, 6.07) is 0.809. The molecule has 0 saturated heterocycles. The van der Waals surface area contributed by atoms with Crippen LogP contribution in [0.25, 0.3) is 0 Å². The third-order valence-electron chi connectivity index (χ3n) is 3.08. The van der Waals surface area contributed by atoms with Crippen molar-refractivity contribution in [2.75, 3.05) is 18.4 Å². The molecule has 0 aliphatic heterocycles. The van der Waals surface area contributed by atoms with Gasteiger partial charge in [-0.25, -0.2) is 0 Å². The lowest BCUT2D eigenvalue weighted by Crippen LogP contribution is -2.27. The number of carbonyl (C=O) groups is 1. The predicted octanol–water partition coefficient (Wildman–Crippen LogP) is 1.21. The van der Waals surface area contributed by atoms with E-state index < -0.39 is 0 Å². The molecule has 1 unspecified atom stereocenters. The maximum atomic E-state index is 11.5. The van der Waals surface area contributed by atoms with Gasteiger partial charge in [0.05, 0.1) is 6.04 Å². The van der Waals surface area contributed by atoms with E-state index in [0.717, 1.165) is 25.8 Å². The van der Waals surface area contributed by atoms with Crippen LogP contribution in [-0.4, -0.2) is 35.2 Å². The van der Waals surface area contributed by atoms with Gasteiger partial charge in [-0.15, -0.1) is 5.10 Å². The Balaban J connectivity index is 1.67. The van der Waals surface area contributed by atoms with Crippen LogP contribution in [0.5, 0.6) is 0 Å². The SMILES string of the molecule is CCCNC(C)c1nnc(NCCC(=O)NC2CC2)o1. The molecule has 2 rings (SSSR count). The molecular weight excluding hydrogens is 258 g/mol. The van der Waals surface area contributed by atoms with Crippen molar-refractivity contribution >= 4 is 11.9 Å². The maximum absolute atomic E-state index is 11.5. The summed E-state index contributed by atoms with van der Waals surface area (Å²) in [5.41, 5.74) is 0. The average Bonchev–Trinajstić information content (AvgIpc) is 3.11. The molecule has 1 fully saturated rings. The van der Waals surface area contributed by atoms with E-state index in [4.69, 9.17) is 4.42 Å². The summed E-state index contributed by atoms with van der Waals surface area (Å²) in [6.07, 6.45) is 3.68. The van der Waals surface area contributed by atoms with Crippen molar-refractivity contribution < 1.29 is 9.21 Å². The first kappa shape index (κ1) is 14.8. The Labute approximate surface area is 118 Å². The van der Waals surface area contributed by atoms with E-state index in [9.17, 15) is 4.79 Å². The molecule has 0 radical (unpaired) electrons. The third-order valence-corrected chi connectivity index (χ3v) is 3.08. The van der Waals surface area contributed by atoms with E-state index in [0.29, 0.717) is 30.9 Å². The number of hydrogen-bond acceptors (Lipinski definition) is 6. The van der Waals surface area contributed by atoms with Crippen LogP contribution < -0.4 is 16.0 Å². The van der Waals surface area contributed by atoms with Crippen LogP contribution in [0.4, 0.5) is 6.01 Å². The monoisotopic (exact) mass is 281 g/mol. The molecule has 1 aromatic rings. The van der Waals surface area contributed by atoms with E-state index in [2.05, 4.69) is 33.1 Å². The lowest BCUT2D eigenvalue weighted by atomic mass is 10.3. The van der Waals surface area contributed by atoms with Crippen LogP contribution in [0.1, 0.15) is 51.5 Å². The number of rotatable bonds is 9. The number of anilines is 1. The molecule has 20 heavy (non-hydrogen) atoms. The molecule has 1 atom stereocenters. The van der Waals surface area contributed by atoms with Crippen molar-refractivity contribution in [1.82, 2.24) is 20.8 Å². The molecule has 1 heterocycles. The second-order valence-corrected chi connectivity index (χ2v) is 5.14. The standard InChI is InChI=1S/C13H23N5O2/c1-3-7-14-9(2)12-17-18-13(20-12)15-8-6-11(19)16-10-4-5-10/h9-10,14H,3-8H2,1-2H3,(H,15,18)(H,16,19). The Morgan fingerprint density at radius 1 is 1.40 bits per heavy atom. The Bertz CT molecular complexity index is 430. The zero-order valence-corrected chi connectivity index (χ0v) is 12.1. The molecule has 3 N–H and O–H groups in total. The van der Waals surface area contributed by atoms with Gasteiger partial charge >= 0.3 is 6.01 Å². The number of nitrogens with zero attached hydrogens (tertiary/aromatic N) is 2. The minimum absolute atomic E-state index is 0.0381. The van der Waals surface area contributed by atoms with Crippen molar-refractivity contribution in [2.24, 2.45) is 0 Å². The van der Waals surface area contributed by atoms with Gasteiger partial charge in [-0.1, -0.05) is 12.0 Å². The van der Waals surface area contributed by atoms with Crippen molar-refractivity contribution in [2.45, 2.75) is 51.6 Å². The summed E-state index contributed by atoms with van der Waals surface area (Å²) in [5, 5.41) is 17.1. The zero-order chi connectivity index (χ0) is 14.4. The minimum atomic E-state index is 0.0381. The molecule has 7 nitrogen and oxygen atoms in total. The van der Waals surface area contributed by atoms with Gasteiger partial charge in [-0.3, -0.25) is 4.79 Å². The quantitative estimate of drug-likeness (QED) is 0.630. The fourth-order valence-electron chi connectivity index (χ4n) is 1.74. The van der Waals surface area contributed by atoms with Gasteiger partial charge in [0.25, 0.3) is 0 Å². The largest absolute Gasteiger partial charge is 0.406 e.